The number of hydrogen-bond donors (Lipinski definition) is 1. The summed E-state index contributed by atoms with van der Waals surface area (Å²) in [5.74, 6) is -1.88. The number of nitrogens with one attached hydrogen (secondary N) is 1. The molecule has 0 fully saturated rings. The van der Waals surface area contributed by atoms with Crippen molar-refractivity contribution in [2.45, 2.75) is 0 Å². The second kappa shape index (κ2) is 2.18. The van der Waals surface area contributed by atoms with Crippen molar-refractivity contribution in [3.05, 3.63) is 22.7 Å². The third kappa shape index (κ3) is 1.29. The van der Waals surface area contributed by atoms with E-state index in [1.807, 2.05) is 0 Å². The third-order valence-electron chi connectivity index (χ3n) is 0.715. The van der Waals surface area contributed by atoms with Crippen LogP contribution in [-0.2, 0) is 0 Å². The van der Waals surface area contributed by atoms with Crippen molar-refractivity contribution >= 4 is 12.2 Å². The normalized spacial score (nSPS) is 9.56. The highest BCUT2D eigenvalue weighted by Gasteiger charge is 1.95. The first-order chi connectivity index (χ1) is 4.20. The molecule has 48 valence electrons. The van der Waals surface area contributed by atoms with Crippen LogP contribution in [0.4, 0.5) is 8.78 Å². The van der Waals surface area contributed by atoms with Crippen molar-refractivity contribution in [1.29, 1.82) is 0 Å². The Balaban J connectivity index is 3.34. The predicted octanol–water partition coefficient (Wildman–Crippen LogP) is 1.42. The van der Waals surface area contributed by atoms with Gasteiger partial charge in [0.05, 0.1) is 6.20 Å². The van der Waals surface area contributed by atoms with Gasteiger partial charge in [0.25, 0.3) is 5.95 Å². The van der Waals surface area contributed by atoms with Gasteiger partial charge < -0.3 is 4.98 Å². The van der Waals surface area contributed by atoms with E-state index in [2.05, 4.69) is 22.2 Å². The van der Waals surface area contributed by atoms with Crippen LogP contribution in [0.1, 0.15) is 0 Å². The molecule has 0 bridgehead atoms. The molecular weight excluding hydrogens is 146 g/mol. The highest BCUT2D eigenvalue weighted by atomic mass is 32.1. The molecule has 1 N–H and O–H groups in total. The van der Waals surface area contributed by atoms with Crippen LogP contribution in [0, 0.1) is 16.5 Å². The number of H-pyrrole nitrogens is 1. The summed E-state index contributed by atoms with van der Waals surface area (Å²) in [5, 5.41) is 0. The molecule has 5 heteroatoms. The number of hydrogen-bond acceptors (Lipinski definition) is 2. The summed E-state index contributed by atoms with van der Waals surface area (Å²) >= 11 is 4.35. The Labute approximate surface area is 54.6 Å². The summed E-state index contributed by atoms with van der Waals surface area (Å²) in [4.78, 5) is 4.97. The summed E-state index contributed by atoms with van der Waals surface area (Å²) in [6.07, 6.45) is 0.894. The maximum atomic E-state index is 12.1. The van der Waals surface area contributed by atoms with Gasteiger partial charge in [-0.3, -0.25) is 0 Å². The summed E-state index contributed by atoms with van der Waals surface area (Å²) in [6.45, 7) is 0. The van der Waals surface area contributed by atoms with E-state index in [1.54, 1.807) is 0 Å². The van der Waals surface area contributed by atoms with Crippen LogP contribution in [0.15, 0.2) is 6.20 Å². The number of aromatic nitrogens is 2. The first-order valence-corrected chi connectivity index (χ1v) is 2.51. The van der Waals surface area contributed by atoms with Crippen molar-refractivity contribution in [2.24, 2.45) is 0 Å². The molecule has 1 heterocycles. The topological polar surface area (TPSA) is 28.7 Å². The standard InChI is InChI=1S/C4H2F2N2S/c5-2-1-7-4(9)3(6)8-2/h1H,(H,7,9). The molecule has 0 spiro atoms. The average Bonchev–Trinajstić information content (AvgIpc) is 1.80. The quantitative estimate of drug-likeness (QED) is 0.563. The van der Waals surface area contributed by atoms with Crippen LogP contribution in [0.2, 0.25) is 0 Å². The van der Waals surface area contributed by atoms with Crippen molar-refractivity contribution in [1.82, 2.24) is 9.97 Å². The van der Waals surface area contributed by atoms with Crippen LogP contribution in [0.25, 0.3) is 0 Å². The third-order valence-corrected chi connectivity index (χ3v) is 1.00. The largest absolute Gasteiger partial charge is 0.345 e. The van der Waals surface area contributed by atoms with Gasteiger partial charge >= 0.3 is 0 Å². The van der Waals surface area contributed by atoms with Gasteiger partial charge in [-0.25, -0.2) is 0 Å². The molecule has 0 aliphatic rings. The molecule has 1 aromatic rings. The molecule has 0 unspecified atom stereocenters. The zero-order chi connectivity index (χ0) is 6.85. The Morgan fingerprint density at radius 1 is 1.56 bits per heavy atom. The molecule has 0 amide bonds. The fraction of sp³-hybridized carbons (Fsp3) is 0. The predicted molar refractivity (Wildman–Crippen MR) is 29.3 cm³/mol. The van der Waals surface area contributed by atoms with Crippen LogP contribution in [-0.4, -0.2) is 9.97 Å². The lowest BCUT2D eigenvalue weighted by Crippen LogP contribution is -1.90. The Morgan fingerprint density at radius 3 is 2.67 bits per heavy atom. The minimum Gasteiger partial charge on any atom is -0.345 e. The molecule has 0 radical (unpaired) electrons. The van der Waals surface area contributed by atoms with Gasteiger partial charge in [0, 0.05) is 0 Å². The lowest BCUT2D eigenvalue weighted by molar-refractivity contribution is 0.499. The highest BCUT2D eigenvalue weighted by Crippen LogP contribution is 1.93. The molecular formula is C4H2F2N2S. The molecule has 1 rings (SSSR count). The first kappa shape index (κ1) is 6.28. The SMILES string of the molecule is Fc1c[nH]c(=S)c(F)n1. The highest BCUT2D eigenvalue weighted by molar-refractivity contribution is 7.71. The second-order valence-electron chi connectivity index (χ2n) is 1.34. The van der Waals surface area contributed by atoms with E-state index in [0.717, 1.165) is 6.20 Å². The average molecular weight is 148 g/mol. The molecule has 1 aromatic heterocycles. The van der Waals surface area contributed by atoms with Crippen LogP contribution in [0.5, 0.6) is 0 Å². The smallest absolute Gasteiger partial charge is 0.250 e. The maximum absolute atomic E-state index is 12.1. The fourth-order valence-corrected chi connectivity index (χ4v) is 0.466. The molecule has 0 saturated heterocycles. The molecule has 0 atom stereocenters. The monoisotopic (exact) mass is 148 g/mol. The van der Waals surface area contributed by atoms with Gasteiger partial charge in [-0.1, -0.05) is 12.2 Å². The van der Waals surface area contributed by atoms with E-state index >= 15 is 0 Å². The van der Waals surface area contributed by atoms with E-state index < -0.39 is 11.9 Å². The lowest BCUT2D eigenvalue weighted by atomic mass is 10.7. The van der Waals surface area contributed by atoms with E-state index in [1.165, 1.54) is 0 Å². The van der Waals surface area contributed by atoms with Crippen LogP contribution in [0.3, 0.4) is 0 Å². The zero-order valence-corrected chi connectivity index (χ0v) is 5.01. The maximum Gasteiger partial charge on any atom is 0.250 e. The van der Waals surface area contributed by atoms with E-state index in [4.69, 9.17) is 0 Å². The van der Waals surface area contributed by atoms with Crippen molar-refractivity contribution < 1.29 is 8.78 Å². The number of aromatic amines is 1. The minimum atomic E-state index is -0.981. The first-order valence-electron chi connectivity index (χ1n) is 2.11. The molecule has 2 nitrogen and oxygen atoms in total. The summed E-state index contributed by atoms with van der Waals surface area (Å²) < 4.78 is 23.8. The van der Waals surface area contributed by atoms with E-state index in [9.17, 15) is 8.78 Å². The van der Waals surface area contributed by atoms with Crippen molar-refractivity contribution in [3.63, 3.8) is 0 Å². The van der Waals surface area contributed by atoms with Gasteiger partial charge in [0.1, 0.15) is 0 Å². The molecule has 0 aromatic carbocycles. The molecule has 0 saturated carbocycles. The number of rotatable bonds is 0. The summed E-state index contributed by atoms with van der Waals surface area (Å²) in [5.41, 5.74) is 0. The van der Waals surface area contributed by atoms with Gasteiger partial charge in [-0.15, -0.1) is 0 Å². The Hall–Kier alpha value is -0.840. The molecule has 0 aliphatic heterocycles. The van der Waals surface area contributed by atoms with E-state index in [-0.39, 0.29) is 4.64 Å². The zero-order valence-electron chi connectivity index (χ0n) is 4.19. The summed E-state index contributed by atoms with van der Waals surface area (Å²) in [7, 11) is 0. The van der Waals surface area contributed by atoms with Crippen molar-refractivity contribution in [3.8, 4) is 0 Å². The lowest BCUT2D eigenvalue weighted by Gasteiger charge is -1.86. The van der Waals surface area contributed by atoms with Gasteiger partial charge in [0.15, 0.2) is 4.64 Å². The Morgan fingerprint density at radius 2 is 2.22 bits per heavy atom. The van der Waals surface area contributed by atoms with Gasteiger partial charge in [-0.2, -0.15) is 13.8 Å². The summed E-state index contributed by atoms with van der Waals surface area (Å²) in [6, 6.07) is 0. The van der Waals surface area contributed by atoms with Crippen LogP contribution >= 0.6 is 12.2 Å². The van der Waals surface area contributed by atoms with Gasteiger partial charge in [0.2, 0.25) is 5.95 Å². The fourth-order valence-electron chi connectivity index (χ4n) is 0.361. The number of halogens is 2. The number of nitrogens with zero attached hydrogens (tertiary/aromatic N) is 1. The Kier molecular flexibility index (Phi) is 1.52. The van der Waals surface area contributed by atoms with Gasteiger partial charge in [-0.05, 0) is 0 Å². The van der Waals surface area contributed by atoms with E-state index in [0.29, 0.717) is 0 Å². The molecule has 9 heavy (non-hydrogen) atoms. The molecule has 0 aliphatic carbocycles. The minimum absolute atomic E-state index is 0.184. The second-order valence-corrected chi connectivity index (χ2v) is 1.75. The van der Waals surface area contributed by atoms with Crippen molar-refractivity contribution in [2.75, 3.05) is 0 Å². The Bertz CT molecular complexity index is 270. The van der Waals surface area contributed by atoms with Crippen LogP contribution < -0.4 is 0 Å².